The first kappa shape index (κ1) is 22.9. The molecule has 2 aromatic rings. The van der Waals surface area contributed by atoms with E-state index in [0.29, 0.717) is 49.4 Å². The molecular formula is C22H31N3O3S2. The first-order valence-electron chi connectivity index (χ1n) is 10.4. The Labute approximate surface area is 183 Å². The topological polar surface area (TPSA) is 69.7 Å². The molecule has 1 aliphatic rings. The lowest BCUT2D eigenvalue weighted by atomic mass is 10.0. The number of sulfonamides is 1. The number of amides is 1. The lowest BCUT2D eigenvalue weighted by Crippen LogP contribution is -2.51. The Kier molecular flexibility index (Phi) is 7.68. The Bertz CT molecular complexity index is 944. The second-order valence-corrected chi connectivity index (χ2v) is 11.5. The molecule has 1 aliphatic heterocycles. The Morgan fingerprint density at radius 3 is 2.30 bits per heavy atom. The number of carbonyl (C=O) groups is 1. The van der Waals surface area contributed by atoms with Crippen LogP contribution in [0.15, 0.2) is 40.6 Å². The van der Waals surface area contributed by atoms with Gasteiger partial charge in [0.05, 0.1) is 6.54 Å². The fraction of sp³-hybridized carbons (Fsp3) is 0.500. The van der Waals surface area contributed by atoms with Crippen LogP contribution >= 0.6 is 11.3 Å². The SMILES string of the molecule is Cc1ccc(S(=O)(=O)N2CCN(CC(=O)NCCc3ccc(C(C)C)cc3)CC2)s1. The first-order valence-corrected chi connectivity index (χ1v) is 12.7. The monoisotopic (exact) mass is 449 g/mol. The minimum absolute atomic E-state index is 0.0148. The molecule has 0 bridgehead atoms. The third kappa shape index (κ3) is 5.91. The van der Waals surface area contributed by atoms with E-state index in [1.165, 1.54) is 26.8 Å². The zero-order valence-corrected chi connectivity index (χ0v) is 19.6. The van der Waals surface area contributed by atoms with Gasteiger partial charge in [0.15, 0.2) is 0 Å². The van der Waals surface area contributed by atoms with Crippen molar-refractivity contribution in [2.24, 2.45) is 0 Å². The van der Waals surface area contributed by atoms with E-state index in [9.17, 15) is 13.2 Å². The Morgan fingerprint density at radius 1 is 1.07 bits per heavy atom. The summed E-state index contributed by atoms with van der Waals surface area (Å²) in [5, 5.41) is 2.98. The molecule has 1 aromatic heterocycles. The van der Waals surface area contributed by atoms with Gasteiger partial charge >= 0.3 is 0 Å². The number of rotatable bonds is 8. The van der Waals surface area contributed by atoms with E-state index >= 15 is 0 Å². The van der Waals surface area contributed by atoms with E-state index in [0.717, 1.165) is 11.3 Å². The average Bonchev–Trinajstić information content (AvgIpc) is 3.16. The van der Waals surface area contributed by atoms with Gasteiger partial charge in [0, 0.05) is 37.6 Å². The van der Waals surface area contributed by atoms with E-state index in [1.807, 2.05) is 17.9 Å². The minimum atomic E-state index is -3.42. The van der Waals surface area contributed by atoms with Gasteiger partial charge in [-0.15, -0.1) is 11.3 Å². The second kappa shape index (κ2) is 10.0. The summed E-state index contributed by atoms with van der Waals surface area (Å²) in [6.07, 6.45) is 0.802. The van der Waals surface area contributed by atoms with Gasteiger partial charge in [0.25, 0.3) is 10.0 Å². The molecule has 3 rings (SSSR count). The third-order valence-electron chi connectivity index (χ3n) is 5.39. The first-order chi connectivity index (χ1) is 14.3. The van der Waals surface area contributed by atoms with Crippen LogP contribution in [0.2, 0.25) is 0 Å². The highest BCUT2D eigenvalue weighted by atomic mass is 32.2. The van der Waals surface area contributed by atoms with Crippen molar-refractivity contribution in [2.45, 2.75) is 37.3 Å². The summed E-state index contributed by atoms with van der Waals surface area (Å²) in [7, 11) is -3.42. The number of aryl methyl sites for hydroxylation is 1. The van der Waals surface area contributed by atoms with Crippen LogP contribution in [-0.2, 0) is 21.2 Å². The van der Waals surface area contributed by atoms with Crippen molar-refractivity contribution in [1.82, 2.24) is 14.5 Å². The number of nitrogens with zero attached hydrogens (tertiary/aromatic N) is 2. The molecule has 6 nitrogen and oxygen atoms in total. The van der Waals surface area contributed by atoms with Gasteiger partial charge in [0.2, 0.25) is 5.91 Å². The number of thiophene rings is 1. The van der Waals surface area contributed by atoms with Crippen molar-refractivity contribution in [1.29, 1.82) is 0 Å². The molecule has 30 heavy (non-hydrogen) atoms. The molecule has 0 unspecified atom stereocenters. The molecule has 1 aromatic carbocycles. The van der Waals surface area contributed by atoms with Crippen molar-refractivity contribution < 1.29 is 13.2 Å². The summed E-state index contributed by atoms with van der Waals surface area (Å²) in [5.41, 5.74) is 2.53. The molecule has 2 heterocycles. The van der Waals surface area contributed by atoms with Gasteiger partial charge < -0.3 is 5.32 Å². The summed E-state index contributed by atoms with van der Waals surface area (Å²) < 4.78 is 27.3. The normalized spacial score (nSPS) is 16.1. The molecule has 1 N–H and O–H groups in total. The molecule has 164 valence electrons. The zero-order chi connectivity index (χ0) is 21.7. The smallest absolute Gasteiger partial charge is 0.252 e. The maximum atomic E-state index is 12.7. The van der Waals surface area contributed by atoms with Crippen molar-refractivity contribution in [3.63, 3.8) is 0 Å². The van der Waals surface area contributed by atoms with E-state index in [-0.39, 0.29) is 5.91 Å². The zero-order valence-electron chi connectivity index (χ0n) is 17.9. The van der Waals surface area contributed by atoms with E-state index in [4.69, 9.17) is 0 Å². The Balaban J connectivity index is 1.40. The summed E-state index contributed by atoms with van der Waals surface area (Å²) in [5.74, 6) is 0.502. The number of piperazine rings is 1. The Morgan fingerprint density at radius 2 is 1.73 bits per heavy atom. The molecule has 0 saturated carbocycles. The number of hydrogen-bond acceptors (Lipinski definition) is 5. The van der Waals surface area contributed by atoms with Crippen molar-refractivity contribution in [3.05, 3.63) is 52.4 Å². The third-order valence-corrected chi connectivity index (χ3v) is 8.76. The molecule has 1 amide bonds. The number of carbonyl (C=O) groups excluding carboxylic acids is 1. The van der Waals surface area contributed by atoms with Crippen LogP contribution in [0.3, 0.4) is 0 Å². The molecule has 1 saturated heterocycles. The lowest BCUT2D eigenvalue weighted by Gasteiger charge is -2.33. The van der Waals surface area contributed by atoms with Gasteiger partial charge in [0.1, 0.15) is 4.21 Å². The summed E-state index contributed by atoms with van der Waals surface area (Å²) in [4.78, 5) is 15.3. The van der Waals surface area contributed by atoms with Crippen LogP contribution in [-0.4, -0.2) is 62.8 Å². The van der Waals surface area contributed by atoms with Crippen molar-refractivity contribution in [3.8, 4) is 0 Å². The largest absolute Gasteiger partial charge is 0.355 e. The van der Waals surface area contributed by atoms with E-state index in [2.05, 4.69) is 43.4 Å². The maximum absolute atomic E-state index is 12.7. The van der Waals surface area contributed by atoms with Crippen molar-refractivity contribution in [2.75, 3.05) is 39.3 Å². The highest BCUT2D eigenvalue weighted by molar-refractivity contribution is 7.91. The summed E-state index contributed by atoms with van der Waals surface area (Å²) in [6, 6.07) is 12.0. The maximum Gasteiger partial charge on any atom is 0.252 e. The molecule has 0 aliphatic carbocycles. The molecule has 0 atom stereocenters. The minimum Gasteiger partial charge on any atom is -0.355 e. The number of benzene rings is 1. The van der Waals surface area contributed by atoms with Gasteiger partial charge in [-0.05, 0) is 42.5 Å². The fourth-order valence-electron chi connectivity index (χ4n) is 3.48. The summed E-state index contributed by atoms with van der Waals surface area (Å²) in [6.45, 7) is 9.11. The lowest BCUT2D eigenvalue weighted by molar-refractivity contribution is -0.122. The molecular weight excluding hydrogens is 418 g/mol. The van der Waals surface area contributed by atoms with Gasteiger partial charge in [-0.1, -0.05) is 38.1 Å². The van der Waals surface area contributed by atoms with Crippen LogP contribution in [0, 0.1) is 6.92 Å². The predicted octanol–water partition coefficient (Wildman–Crippen LogP) is 2.85. The molecule has 8 heteroatoms. The second-order valence-electron chi connectivity index (χ2n) is 8.04. The highest BCUT2D eigenvalue weighted by Crippen LogP contribution is 2.25. The molecule has 1 fully saturated rings. The van der Waals surface area contributed by atoms with E-state index < -0.39 is 10.0 Å². The Hall–Kier alpha value is -1.74. The van der Waals surface area contributed by atoms with Crippen LogP contribution in [0.1, 0.15) is 35.8 Å². The van der Waals surface area contributed by atoms with Gasteiger partial charge in [-0.25, -0.2) is 8.42 Å². The van der Waals surface area contributed by atoms with Crippen molar-refractivity contribution >= 4 is 27.3 Å². The highest BCUT2D eigenvalue weighted by Gasteiger charge is 2.29. The number of hydrogen-bond donors (Lipinski definition) is 1. The predicted molar refractivity (Wildman–Crippen MR) is 121 cm³/mol. The van der Waals surface area contributed by atoms with Crippen LogP contribution in [0.4, 0.5) is 0 Å². The van der Waals surface area contributed by atoms with Gasteiger partial charge in [-0.3, -0.25) is 9.69 Å². The van der Waals surface area contributed by atoms with Crippen LogP contribution in [0.25, 0.3) is 0 Å². The quantitative estimate of drug-likeness (QED) is 0.673. The van der Waals surface area contributed by atoms with Gasteiger partial charge in [-0.2, -0.15) is 4.31 Å². The van der Waals surface area contributed by atoms with E-state index in [1.54, 1.807) is 6.07 Å². The van der Waals surface area contributed by atoms with Crippen LogP contribution in [0.5, 0.6) is 0 Å². The molecule has 0 spiro atoms. The fourth-order valence-corrected chi connectivity index (χ4v) is 6.34. The summed E-state index contributed by atoms with van der Waals surface area (Å²) >= 11 is 1.30. The van der Waals surface area contributed by atoms with Crippen LogP contribution < -0.4 is 5.32 Å². The number of nitrogens with one attached hydrogen (secondary N) is 1. The average molecular weight is 450 g/mol. The molecule has 0 radical (unpaired) electrons. The standard InChI is InChI=1S/C22H31N3O3S2/c1-17(2)20-7-5-19(6-8-20)10-11-23-21(26)16-24-12-14-25(15-13-24)30(27,28)22-9-4-18(3)29-22/h4-9,17H,10-16H2,1-3H3,(H,23,26).